The largest absolute Gasteiger partial charge is 0.507 e. The van der Waals surface area contributed by atoms with Gasteiger partial charge in [0, 0.05) is 0 Å². The molecule has 0 saturated heterocycles. The Kier molecular flexibility index (Phi) is 3.81. The molecule has 0 aliphatic carbocycles. The van der Waals surface area contributed by atoms with Crippen molar-refractivity contribution in [1.29, 1.82) is 0 Å². The van der Waals surface area contributed by atoms with Gasteiger partial charge in [0.1, 0.15) is 17.7 Å². The molecular formula is C10H12FNO4. The van der Waals surface area contributed by atoms with Crippen LogP contribution in [0.15, 0.2) is 18.2 Å². The van der Waals surface area contributed by atoms with Crippen molar-refractivity contribution in [2.45, 2.75) is 18.6 Å². The van der Waals surface area contributed by atoms with E-state index in [4.69, 9.17) is 5.73 Å². The topological polar surface area (TPSA) is 104 Å². The lowest BCUT2D eigenvalue weighted by atomic mass is 10.0. The van der Waals surface area contributed by atoms with Crippen LogP contribution in [0.25, 0.3) is 0 Å². The monoisotopic (exact) mass is 229 g/mol. The summed E-state index contributed by atoms with van der Waals surface area (Å²) in [5, 5.41) is 28.2. The summed E-state index contributed by atoms with van der Waals surface area (Å²) >= 11 is 0. The fourth-order valence-corrected chi connectivity index (χ4v) is 1.33. The minimum Gasteiger partial charge on any atom is -0.507 e. The number of hydrogen-bond donors (Lipinski definition) is 4. The van der Waals surface area contributed by atoms with E-state index < -0.39 is 41.7 Å². The van der Waals surface area contributed by atoms with E-state index in [2.05, 4.69) is 0 Å². The second-order valence-corrected chi connectivity index (χ2v) is 3.36. The molecule has 0 heterocycles. The third-order valence-corrected chi connectivity index (χ3v) is 2.10. The first-order valence-corrected chi connectivity index (χ1v) is 4.55. The summed E-state index contributed by atoms with van der Waals surface area (Å²) in [5.74, 6) is -2.19. The van der Waals surface area contributed by atoms with Gasteiger partial charge in [-0.15, -0.1) is 0 Å². The van der Waals surface area contributed by atoms with Crippen LogP contribution in [0.1, 0.15) is 18.1 Å². The van der Waals surface area contributed by atoms with Gasteiger partial charge in [-0.2, -0.15) is 0 Å². The maximum Gasteiger partial charge on any atom is 0.220 e. The van der Waals surface area contributed by atoms with Crippen LogP contribution in [-0.2, 0) is 4.79 Å². The van der Waals surface area contributed by atoms with E-state index in [1.807, 2.05) is 0 Å². The van der Waals surface area contributed by atoms with Crippen molar-refractivity contribution >= 4 is 5.91 Å². The Hall–Kier alpha value is -1.66. The highest BCUT2D eigenvalue weighted by atomic mass is 19.1. The molecule has 0 aromatic heterocycles. The predicted octanol–water partition coefficient (Wildman–Crippen LogP) is -0.199. The summed E-state index contributed by atoms with van der Waals surface area (Å²) in [6.45, 7) is 0. The molecule has 0 spiro atoms. The lowest BCUT2D eigenvalue weighted by molar-refractivity contribution is -0.121. The van der Waals surface area contributed by atoms with Gasteiger partial charge in [0.05, 0.1) is 18.1 Å². The Morgan fingerprint density at radius 1 is 1.44 bits per heavy atom. The lowest BCUT2D eigenvalue weighted by Crippen LogP contribution is -2.26. The van der Waals surface area contributed by atoms with Crippen molar-refractivity contribution in [3.8, 4) is 5.75 Å². The number of amides is 1. The maximum atomic E-state index is 13.3. The average molecular weight is 229 g/mol. The van der Waals surface area contributed by atoms with Crippen LogP contribution in [0, 0.1) is 5.82 Å². The quantitative estimate of drug-likeness (QED) is 0.574. The molecule has 2 unspecified atom stereocenters. The molecule has 0 saturated carbocycles. The first-order valence-electron chi connectivity index (χ1n) is 4.55. The number of rotatable bonds is 4. The van der Waals surface area contributed by atoms with Crippen molar-refractivity contribution in [3.63, 3.8) is 0 Å². The van der Waals surface area contributed by atoms with E-state index >= 15 is 0 Å². The smallest absolute Gasteiger partial charge is 0.220 e. The Bertz CT molecular complexity index is 376. The molecule has 2 atom stereocenters. The summed E-state index contributed by atoms with van der Waals surface area (Å²) in [5.41, 5.74) is 4.37. The molecular weight excluding hydrogens is 217 g/mol. The SMILES string of the molecule is NC(=O)CC(O)C(O)c1c(O)cccc1F. The van der Waals surface area contributed by atoms with Gasteiger partial charge in [-0.05, 0) is 12.1 Å². The van der Waals surface area contributed by atoms with Gasteiger partial charge < -0.3 is 21.1 Å². The second-order valence-electron chi connectivity index (χ2n) is 3.36. The molecule has 0 radical (unpaired) electrons. The highest BCUT2D eigenvalue weighted by Gasteiger charge is 2.25. The molecule has 0 aliphatic heterocycles. The molecule has 88 valence electrons. The van der Waals surface area contributed by atoms with Crippen molar-refractivity contribution in [3.05, 3.63) is 29.6 Å². The molecule has 16 heavy (non-hydrogen) atoms. The van der Waals surface area contributed by atoms with Crippen molar-refractivity contribution < 1.29 is 24.5 Å². The summed E-state index contributed by atoms with van der Waals surface area (Å²) in [6, 6.07) is 3.44. The van der Waals surface area contributed by atoms with E-state index in [9.17, 15) is 24.5 Å². The van der Waals surface area contributed by atoms with E-state index in [0.717, 1.165) is 6.07 Å². The zero-order valence-electron chi connectivity index (χ0n) is 8.30. The summed E-state index contributed by atoms with van der Waals surface area (Å²) in [4.78, 5) is 10.5. The summed E-state index contributed by atoms with van der Waals surface area (Å²) in [7, 11) is 0. The number of carbonyl (C=O) groups is 1. The standard InChI is InChI=1S/C10H12FNO4/c11-5-2-1-3-6(13)9(5)10(16)7(14)4-8(12)15/h1-3,7,10,13-14,16H,4H2,(H2,12,15). The molecule has 1 amide bonds. The number of aliphatic hydroxyl groups excluding tert-OH is 2. The zero-order valence-corrected chi connectivity index (χ0v) is 8.30. The Labute approximate surface area is 90.9 Å². The minimum atomic E-state index is -1.70. The highest BCUT2D eigenvalue weighted by molar-refractivity contribution is 5.74. The van der Waals surface area contributed by atoms with Crippen LogP contribution >= 0.6 is 0 Å². The number of aromatic hydroxyl groups is 1. The van der Waals surface area contributed by atoms with Gasteiger partial charge >= 0.3 is 0 Å². The third kappa shape index (κ3) is 2.68. The number of nitrogens with two attached hydrogens (primary N) is 1. The van der Waals surface area contributed by atoms with Crippen LogP contribution in [0.2, 0.25) is 0 Å². The first kappa shape index (κ1) is 12.4. The Morgan fingerprint density at radius 3 is 2.56 bits per heavy atom. The van der Waals surface area contributed by atoms with Gasteiger partial charge in [0.2, 0.25) is 5.91 Å². The number of primary amides is 1. The first-order chi connectivity index (χ1) is 7.43. The minimum absolute atomic E-state index is 0.448. The average Bonchev–Trinajstić information content (AvgIpc) is 2.16. The van der Waals surface area contributed by atoms with Crippen molar-refractivity contribution in [1.82, 2.24) is 0 Å². The molecule has 6 heteroatoms. The van der Waals surface area contributed by atoms with Crippen LogP contribution < -0.4 is 5.73 Å². The zero-order chi connectivity index (χ0) is 12.3. The Morgan fingerprint density at radius 2 is 2.06 bits per heavy atom. The van der Waals surface area contributed by atoms with Crippen LogP contribution in [0.4, 0.5) is 4.39 Å². The van der Waals surface area contributed by atoms with Crippen molar-refractivity contribution in [2.24, 2.45) is 5.73 Å². The van der Waals surface area contributed by atoms with E-state index in [0.29, 0.717) is 0 Å². The van der Waals surface area contributed by atoms with Crippen LogP contribution in [0.3, 0.4) is 0 Å². The number of halogens is 1. The van der Waals surface area contributed by atoms with E-state index in [1.165, 1.54) is 12.1 Å². The molecule has 1 aromatic carbocycles. The Balaban J connectivity index is 2.95. The van der Waals surface area contributed by atoms with E-state index in [-0.39, 0.29) is 0 Å². The lowest BCUT2D eigenvalue weighted by Gasteiger charge is -2.18. The number of phenols is 1. The molecule has 0 aliphatic rings. The van der Waals surface area contributed by atoms with Crippen LogP contribution in [-0.4, -0.2) is 27.3 Å². The normalized spacial score (nSPS) is 14.4. The van der Waals surface area contributed by atoms with Gasteiger partial charge in [0.25, 0.3) is 0 Å². The highest BCUT2D eigenvalue weighted by Crippen LogP contribution is 2.29. The third-order valence-electron chi connectivity index (χ3n) is 2.10. The molecule has 1 aromatic rings. The number of aliphatic hydroxyl groups is 2. The molecule has 5 nitrogen and oxygen atoms in total. The second kappa shape index (κ2) is 4.91. The van der Waals surface area contributed by atoms with Gasteiger partial charge in [-0.1, -0.05) is 6.07 Å². The molecule has 5 N–H and O–H groups in total. The van der Waals surface area contributed by atoms with Gasteiger partial charge in [-0.25, -0.2) is 4.39 Å². The summed E-state index contributed by atoms with van der Waals surface area (Å²) in [6.07, 6.45) is -3.77. The number of benzene rings is 1. The van der Waals surface area contributed by atoms with Gasteiger partial charge in [-0.3, -0.25) is 4.79 Å². The number of hydrogen-bond acceptors (Lipinski definition) is 4. The fourth-order valence-electron chi connectivity index (χ4n) is 1.33. The number of carbonyl (C=O) groups excluding carboxylic acids is 1. The van der Waals surface area contributed by atoms with Gasteiger partial charge in [0.15, 0.2) is 0 Å². The van der Waals surface area contributed by atoms with Crippen LogP contribution in [0.5, 0.6) is 5.75 Å². The maximum absolute atomic E-state index is 13.3. The molecule has 0 fully saturated rings. The summed E-state index contributed by atoms with van der Waals surface area (Å²) < 4.78 is 13.3. The predicted molar refractivity (Wildman–Crippen MR) is 52.8 cm³/mol. The van der Waals surface area contributed by atoms with Crippen molar-refractivity contribution in [2.75, 3.05) is 0 Å². The van der Waals surface area contributed by atoms with E-state index in [1.54, 1.807) is 0 Å². The molecule has 1 rings (SSSR count). The fraction of sp³-hybridized carbons (Fsp3) is 0.300. The number of phenolic OH excluding ortho intramolecular Hbond substituents is 1. The molecule has 0 bridgehead atoms.